The number of rotatable bonds is 6. The number of ether oxygens (including phenoxy) is 2. The highest BCUT2D eigenvalue weighted by atomic mass is 16.5. The lowest BCUT2D eigenvalue weighted by molar-refractivity contribution is -0.140. The molecule has 0 atom stereocenters. The number of benzene rings is 1. The Labute approximate surface area is 142 Å². The molecule has 0 bridgehead atoms. The van der Waals surface area contributed by atoms with E-state index in [1.54, 1.807) is 26.0 Å². The molecule has 1 aliphatic rings. The lowest BCUT2D eigenvalue weighted by Crippen LogP contribution is -2.24. The molecule has 0 radical (unpaired) electrons. The fraction of sp³-hybridized carbons (Fsp3) is 0.526. The van der Waals surface area contributed by atoms with Crippen molar-refractivity contribution in [1.82, 2.24) is 0 Å². The number of para-hydroxylation sites is 1. The van der Waals surface area contributed by atoms with E-state index < -0.39 is 5.97 Å². The monoisotopic (exact) mass is 332 g/mol. The third-order valence-electron chi connectivity index (χ3n) is 4.27. The quantitative estimate of drug-likeness (QED) is 0.448. The molecule has 2 rings (SSSR count). The van der Waals surface area contributed by atoms with Crippen LogP contribution in [0.4, 0.5) is 0 Å². The molecule has 1 aliphatic carbocycles. The molecule has 0 aliphatic heterocycles. The van der Waals surface area contributed by atoms with Crippen LogP contribution in [0, 0.1) is 5.92 Å². The highest BCUT2D eigenvalue weighted by molar-refractivity contribution is 6.04. The van der Waals surface area contributed by atoms with Gasteiger partial charge in [-0.3, -0.25) is 9.59 Å². The van der Waals surface area contributed by atoms with Crippen LogP contribution in [0.5, 0.6) is 5.75 Å². The molecule has 0 N–H and O–H groups in total. The van der Waals surface area contributed by atoms with E-state index in [1.165, 1.54) is 6.07 Å². The van der Waals surface area contributed by atoms with E-state index in [0.717, 1.165) is 32.1 Å². The maximum absolute atomic E-state index is 12.5. The number of hydrogen-bond acceptors (Lipinski definition) is 5. The molecule has 0 heterocycles. The standard InChI is InChI=1S/C19H24O5/c1-3-16(20)14-11-8-12-15(19(22)23-4-2)17(14)24-18(21)13-9-6-5-7-10-13/h8,11-13H,3-7,9-10H2,1-2H3. The smallest absolute Gasteiger partial charge is 0.341 e. The Morgan fingerprint density at radius 2 is 1.71 bits per heavy atom. The SMILES string of the molecule is CCOC(=O)c1cccc(C(=O)CC)c1OC(=O)C1CCCCC1. The summed E-state index contributed by atoms with van der Waals surface area (Å²) < 4.78 is 10.6. The van der Waals surface area contributed by atoms with Crippen molar-refractivity contribution in [2.45, 2.75) is 52.4 Å². The second-order valence-corrected chi connectivity index (χ2v) is 5.94. The molecule has 0 saturated heterocycles. The van der Waals surface area contributed by atoms with Gasteiger partial charge in [-0.2, -0.15) is 0 Å². The maximum atomic E-state index is 12.5. The first-order valence-corrected chi connectivity index (χ1v) is 8.63. The molecular weight excluding hydrogens is 308 g/mol. The van der Waals surface area contributed by atoms with Gasteiger partial charge in [0.25, 0.3) is 0 Å². The average molecular weight is 332 g/mol. The van der Waals surface area contributed by atoms with E-state index in [-0.39, 0.29) is 47.6 Å². The molecule has 1 aromatic rings. The molecule has 24 heavy (non-hydrogen) atoms. The Bertz CT molecular complexity index is 614. The molecular formula is C19H24O5. The Balaban J connectivity index is 2.34. The fourth-order valence-corrected chi connectivity index (χ4v) is 2.95. The van der Waals surface area contributed by atoms with Gasteiger partial charge in [0.05, 0.1) is 18.1 Å². The summed E-state index contributed by atoms with van der Waals surface area (Å²) >= 11 is 0. The normalized spacial score (nSPS) is 14.9. The summed E-state index contributed by atoms with van der Waals surface area (Å²) in [6, 6.07) is 4.71. The summed E-state index contributed by atoms with van der Waals surface area (Å²) in [6.07, 6.45) is 4.97. The van der Waals surface area contributed by atoms with Gasteiger partial charge in [-0.25, -0.2) is 4.79 Å². The van der Waals surface area contributed by atoms with E-state index in [9.17, 15) is 14.4 Å². The van der Waals surface area contributed by atoms with Crippen LogP contribution in [0.25, 0.3) is 0 Å². The van der Waals surface area contributed by atoms with E-state index in [1.807, 2.05) is 0 Å². The molecule has 0 amide bonds. The molecule has 1 saturated carbocycles. The van der Waals surface area contributed by atoms with Crippen molar-refractivity contribution in [3.63, 3.8) is 0 Å². The van der Waals surface area contributed by atoms with Crippen LogP contribution in [-0.2, 0) is 9.53 Å². The van der Waals surface area contributed by atoms with Crippen LogP contribution in [-0.4, -0.2) is 24.3 Å². The van der Waals surface area contributed by atoms with E-state index >= 15 is 0 Å². The molecule has 0 aromatic heterocycles. The molecule has 0 unspecified atom stereocenters. The molecule has 5 nitrogen and oxygen atoms in total. The highest BCUT2D eigenvalue weighted by Gasteiger charge is 2.27. The first-order chi connectivity index (χ1) is 11.6. The van der Waals surface area contributed by atoms with Gasteiger partial charge in [0.15, 0.2) is 11.5 Å². The van der Waals surface area contributed by atoms with Crippen molar-refractivity contribution in [3.8, 4) is 5.75 Å². The highest BCUT2D eigenvalue weighted by Crippen LogP contribution is 2.30. The molecule has 0 spiro atoms. The van der Waals surface area contributed by atoms with Crippen LogP contribution in [0.2, 0.25) is 0 Å². The van der Waals surface area contributed by atoms with Crippen molar-refractivity contribution < 1.29 is 23.9 Å². The summed E-state index contributed by atoms with van der Waals surface area (Å²) in [7, 11) is 0. The van der Waals surface area contributed by atoms with Crippen molar-refractivity contribution in [2.75, 3.05) is 6.61 Å². The number of carbonyl (C=O) groups is 3. The molecule has 130 valence electrons. The number of ketones is 1. The second kappa shape index (κ2) is 8.62. The maximum Gasteiger partial charge on any atom is 0.341 e. The van der Waals surface area contributed by atoms with Crippen molar-refractivity contribution in [1.29, 1.82) is 0 Å². The minimum Gasteiger partial charge on any atom is -0.462 e. The number of carbonyl (C=O) groups excluding carboxylic acids is 3. The predicted octanol–water partition coefficient (Wildman–Crippen LogP) is 3.94. The van der Waals surface area contributed by atoms with Crippen molar-refractivity contribution in [3.05, 3.63) is 29.3 Å². The molecule has 5 heteroatoms. The third-order valence-corrected chi connectivity index (χ3v) is 4.27. The predicted molar refractivity (Wildman–Crippen MR) is 89.2 cm³/mol. The number of Topliss-reactive ketones (excluding diaryl/α,β-unsaturated/α-hetero) is 1. The molecule has 1 fully saturated rings. The van der Waals surface area contributed by atoms with E-state index in [4.69, 9.17) is 9.47 Å². The zero-order valence-electron chi connectivity index (χ0n) is 14.3. The van der Waals surface area contributed by atoms with Crippen LogP contribution in [0.1, 0.15) is 73.1 Å². The molecule has 1 aromatic carbocycles. The van der Waals surface area contributed by atoms with Gasteiger partial charge < -0.3 is 9.47 Å². The Hall–Kier alpha value is -2.17. The van der Waals surface area contributed by atoms with Crippen LogP contribution in [0.3, 0.4) is 0 Å². The summed E-state index contributed by atoms with van der Waals surface area (Å²) in [5.41, 5.74) is 0.382. The van der Waals surface area contributed by atoms with Crippen molar-refractivity contribution in [2.24, 2.45) is 5.92 Å². The number of esters is 2. The van der Waals surface area contributed by atoms with Gasteiger partial charge in [0.1, 0.15) is 5.56 Å². The lowest BCUT2D eigenvalue weighted by atomic mass is 9.89. The summed E-state index contributed by atoms with van der Waals surface area (Å²) in [5.74, 6) is -1.25. The summed E-state index contributed by atoms with van der Waals surface area (Å²) in [4.78, 5) is 36.8. The van der Waals surface area contributed by atoms with Gasteiger partial charge in [0.2, 0.25) is 0 Å². The van der Waals surface area contributed by atoms with E-state index in [0.29, 0.717) is 0 Å². The zero-order chi connectivity index (χ0) is 17.5. The average Bonchev–Trinajstić information content (AvgIpc) is 2.62. The Kier molecular flexibility index (Phi) is 6.53. The van der Waals surface area contributed by atoms with Crippen molar-refractivity contribution >= 4 is 17.7 Å². The van der Waals surface area contributed by atoms with Gasteiger partial charge in [0, 0.05) is 6.42 Å². The Morgan fingerprint density at radius 1 is 1.04 bits per heavy atom. The summed E-state index contributed by atoms with van der Waals surface area (Å²) in [6.45, 7) is 3.64. The topological polar surface area (TPSA) is 69.7 Å². The largest absolute Gasteiger partial charge is 0.462 e. The van der Waals surface area contributed by atoms with Gasteiger partial charge in [-0.1, -0.05) is 32.3 Å². The first-order valence-electron chi connectivity index (χ1n) is 8.63. The first kappa shape index (κ1) is 18.2. The van der Waals surface area contributed by atoms with E-state index in [2.05, 4.69) is 0 Å². The Morgan fingerprint density at radius 3 is 2.33 bits per heavy atom. The third kappa shape index (κ3) is 4.22. The minimum absolute atomic E-state index is 0.0402. The zero-order valence-corrected chi connectivity index (χ0v) is 14.3. The summed E-state index contributed by atoms with van der Waals surface area (Å²) in [5, 5.41) is 0. The second-order valence-electron chi connectivity index (χ2n) is 5.94. The fourth-order valence-electron chi connectivity index (χ4n) is 2.95. The van der Waals surface area contributed by atoms with Gasteiger partial charge in [-0.15, -0.1) is 0 Å². The number of hydrogen-bond donors (Lipinski definition) is 0. The lowest BCUT2D eigenvalue weighted by Gasteiger charge is -2.21. The van der Waals surface area contributed by atoms with Crippen LogP contribution < -0.4 is 4.74 Å². The van der Waals surface area contributed by atoms with Gasteiger partial charge >= 0.3 is 11.9 Å². The minimum atomic E-state index is -0.588. The van der Waals surface area contributed by atoms with Crippen LogP contribution >= 0.6 is 0 Å². The van der Waals surface area contributed by atoms with Crippen LogP contribution in [0.15, 0.2) is 18.2 Å². The van der Waals surface area contributed by atoms with Gasteiger partial charge in [-0.05, 0) is 31.9 Å².